The van der Waals surface area contributed by atoms with E-state index in [1.54, 1.807) is 17.0 Å². The quantitative estimate of drug-likeness (QED) is 0.527. The van der Waals surface area contributed by atoms with Crippen LogP contribution in [0.5, 0.6) is 0 Å². The van der Waals surface area contributed by atoms with Crippen LogP contribution in [-0.2, 0) is 0 Å². The van der Waals surface area contributed by atoms with Gasteiger partial charge in [-0.2, -0.15) is 0 Å². The fourth-order valence-corrected chi connectivity index (χ4v) is 2.31. The summed E-state index contributed by atoms with van der Waals surface area (Å²) in [4.78, 5) is 18.0. The number of amides is 1. The third kappa shape index (κ3) is 2.30. The van der Waals surface area contributed by atoms with E-state index in [1.807, 2.05) is 6.92 Å². The van der Waals surface area contributed by atoms with E-state index in [1.165, 1.54) is 6.20 Å². The number of carbonyl (C=O) groups is 1. The highest BCUT2D eigenvalue weighted by Crippen LogP contribution is 2.25. The molecule has 1 aliphatic heterocycles. The number of anilines is 1. The van der Waals surface area contributed by atoms with E-state index >= 15 is 0 Å². The van der Waals surface area contributed by atoms with Crippen LogP contribution in [0.1, 0.15) is 23.7 Å². The summed E-state index contributed by atoms with van der Waals surface area (Å²) < 4.78 is 0. The minimum Gasteiger partial charge on any atom is -0.394 e. The van der Waals surface area contributed by atoms with Gasteiger partial charge in [0.1, 0.15) is 5.82 Å². The molecular formula is C12H18N4O2. The zero-order valence-electron chi connectivity index (χ0n) is 10.3. The molecule has 0 saturated carbocycles. The van der Waals surface area contributed by atoms with Gasteiger partial charge >= 0.3 is 0 Å². The lowest BCUT2D eigenvalue weighted by molar-refractivity contribution is 0.0648. The van der Waals surface area contributed by atoms with Crippen molar-refractivity contribution in [2.75, 3.05) is 18.6 Å². The predicted molar refractivity (Wildman–Crippen MR) is 67.7 cm³/mol. The number of hydrogen-bond acceptors (Lipinski definition) is 5. The van der Waals surface area contributed by atoms with E-state index in [0.717, 1.165) is 6.42 Å². The van der Waals surface area contributed by atoms with Crippen molar-refractivity contribution in [3.05, 3.63) is 23.9 Å². The summed E-state index contributed by atoms with van der Waals surface area (Å²) in [6.45, 7) is 2.73. The van der Waals surface area contributed by atoms with Gasteiger partial charge in [-0.15, -0.1) is 0 Å². The lowest BCUT2D eigenvalue weighted by Gasteiger charge is -2.25. The second-order valence-corrected chi connectivity index (χ2v) is 4.59. The van der Waals surface area contributed by atoms with Crippen LogP contribution in [0.15, 0.2) is 18.3 Å². The van der Waals surface area contributed by atoms with Crippen molar-refractivity contribution in [1.29, 1.82) is 0 Å². The van der Waals surface area contributed by atoms with Gasteiger partial charge in [-0.05, 0) is 24.5 Å². The highest BCUT2D eigenvalue weighted by atomic mass is 16.3. The number of hydrazine groups is 1. The topological polar surface area (TPSA) is 91.5 Å². The van der Waals surface area contributed by atoms with E-state index in [4.69, 9.17) is 5.84 Å². The Morgan fingerprint density at radius 1 is 1.67 bits per heavy atom. The van der Waals surface area contributed by atoms with Gasteiger partial charge in [-0.25, -0.2) is 10.8 Å². The van der Waals surface area contributed by atoms with Crippen molar-refractivity contribution in [2.24, 2.45) is 11.8 Å². The standard InChI is InChI=1S/C12H18N4O2/c1-8-4-5-16(10(8)7-17)12(18)9-2-3-11(15-13)14-6-9/h2-3,6,8,10,17H,4-5,7,13H2,1H3,(H,14,15). The summed E-state index contributed by atoms with van der Waals surface area (Å²) in [6.07, 6.45) is 2.42. The number of aliphatic hydroxyl groups is 1. The molecule has 2 heterocycles. The highest BCUT2D eigenvalue weighted by Gasteiger charge is 2.34. The van der Waals surface area contributed by atoms with E-state index < -0.39 is 0 Å². The van der Waals surface area contributed by atoms with Crippen LogP contribution in [-0.4, -0.2) is 40.1 Å². The minimum absolute atomic E-state index is 0.00275. The number of nitrogens with two attached hydrogens (primary N) is 1. The lowest BCUT2D eigenvalue weighted by Crippen LogP contribution is -2.39. The van der Waals surface area contributed by atoms with Gasteiger partial charge in [-0.3, -0.25) is 4.79 Å². The van der Waals surface area contributed by atoms with E-state index in [-0.39, 0.29) is 18.6 Å². The average molecular weight is 250 g/mol. The van der Waals surface area contributed by atoms with E-state index in [2.05, 4.69) is 10.4 Å². The van der Waals surface area contributed by atoms with Crippen LogP contribution in [0.25, 0.3) is 0 Å². The Morgan fingerprint density at radius 2 is 2.44 bits per heavy atom. The van der Waals surface area contributed by atoms with Crippen molar-refractivity contribution in [2.45, 2.75) is 19.4 Å². The predicted octanol–water partition coefficient (Wildman–Crippen LogP) is 0.210. The first-order valence-corrected chi connectivity index (χ1v) is 6.02. The van der Waals surface area contributed by atoms with Crippen molar-refractivity contribution in [3.63, 3.8) is 0 Å². The number of nitrogens with one attached hydrogen (secondary N) is 1. The first-order chi connectivity index (χ1) is 8.67. The fraction of sp³-hybridized carbons (Fsp3) is 0.500. The molecule has 4 N–H and O–H groups in total. The van der Waals surface area contributed by atoms with Gasteiger partial charge < -0.3 is 15.4 Å². The summed E-state index contributed by atoms with van der Waals surface area (Å²) in [6, 6.07) is 3.24. The van der Waals surface area contributed by atoms with Crippen molar-refractivity contribution >= 4 is 11.7 Å². The Kier molecular flexibility index (Phi) is 3.78. The molecule has 6 heteroatoms. The number of pyridine rings is 1. The second-order valence-electron chi connectivity index (χ2n) is 4.59. The number of carbonyl (C=O) groups excluding carboxylic acids is 1. The van der Waals surface area contributed by atoms with Crippen LogP contribution in [0.2, 0.25) is 0 Å². The summed E-state index contributed by atoms with van der Waals surface area (Å²) in [5.41, 5.74) is 2.93. The molecule has 0 aromatic carbocycles. The van der Waals surface area contributed by atoms with Crippen LogP contribution in [0, 0.1) is 5.92 Å². The molecule has 1 fully saturated rings. The molecule has 0 aliphatic carbocycles. The van der Waals surface area contributed by atoms with Gasteiger partial charge in [0.05, 0.1) is 18.2 Å². The summed E-state index contributed by atoms with van der Waals surface area (Å²) in [5.74, 6) is 5.97. The molecular weight excluding hydrogens is 232 g/mol. The Morgan fingerprint density at radius 3 is 3.00 bits per heavy atom. The molecule has 1 aromatic rings. The molecule has 98 valence electrons. The van der Waals surface area contributed by atoms with Crippen LogP contribution < -0.4 is 11.3 Å². The molecule has 0 bridgehead atoms. The van der Waals surface area contributed by atoms with Gasteiger partial charge in [0, 0.05) is 12.7 Å². The minimum atomic E-state index is -0.0928. The molecule has 2 unspecified atom stereocenters. The lowest BCUT2D eigenvalue weighted by atomic mass is 10.0. The number of nitrogen functional groups attached to an aromatic ring is 1. The normalized spacial score (nSPS) is 23.2. The van der Waals surface area contributed by atoms with Gasteiger partial charge in [0.15, 0.2) is 0 Å². The SMILES string of the molecule is CC1CCN(C(=O)c2ccc(NN)nc2)C1CO. The Labute approximate surface area is 106 Å². The van der Waals surface area contributed by atoms with Gasteiger partial charge in [-0.1, -0.05) is 6.92 Å². The molecule has 1 aromatic heterocycles. The Hall–Kier alpha value is -1.66. The fourth-order valence-electron chi connectivity index (χ4n) is 2.31. The summed E-state index contributed by atoms with van der Waals surface area (Å²) in [7, 11) is 0. The molecule has 0 radical (unpaired) electrons. The van der Waals surface area contributed by atoms with E-state index in [9.17, 15) is 9.90 Å². The average Bonchev–Trinajstić information content (AvgIpc) is 2.79. The van der Waals surface area contributed by atoms with Crippen LogP contribution in [0.4, 0.5) is 5.82 Å². The summed E-state index contributed by atoms with van der Waals surface area (Å²) >= 11 is 0. The Balaban J connectivity index is 2.15. The number of likely N-dealkylation sites (tertiary alicyclic amines) is 1. The van der Waals surface area contributed by atoms with Crippen molar-refractivity contribution in [3.8, 4) is 0 Å². The number of nitrogens with zero attached hydrogens (tertiary/aromatic N) is 2. The first kappa shape index (κ1) is 12.8. The second kappa shape index (κ2) is 5.32. The Bertz CT molecular complexity index is 421. The number of hydrogen-bond donors (Lipinski definition) is 3. The largest absolute Gasteiger partial charge is 0.394 e. The molecule has 1 saturated heterocycles. The zero-order valence-corrected chi connectivity index (χ0v) is 10.3. The number of aromatic nitrogens is 1. The van der Waals surface area contributed by atoms with Crippen LogP contribution in [0.3, 0.4) is 0 Å². The third-order valence-electron chi connectivity index (χ3n) is 3.49. The zero-order chi connectivity index (χ0) is 13.1. The molecule has 6 nitrogen and oxygen atoms in total. The smallest absolute Gasteiger partial charge is 0.255 e. The number of aliphatic hydroxyl groups excluding tert-OH is 1. The van der Waals surface area contributed by atoms with Gasteiger partial charge in [0.25, 0.3) is 5.91 Å². The van der Waals surface area contributed by atoms with Crippen molar-refractivity contribution < 1.29 is 9.90 Å². The maximum absolute atomic E-state index is 12.3. The molecule has 1 aliphatic rings. The summed E-state index contributed by atoms with van der Waals surface area (Å²) in [5, 5.41) is 9.35. The molecule has 1 amide bonds. The van der Waals surface area contributed by atoms with E-state index in [0.29, 0.717) is 23.8 Å². The molecule has 0 spiro atoms. The monoisotopic (exact) mass is 250 g/mol. The number of rotatable bonds is 3. The maximum Gasteiger partial charge on any atom is 0.255 e. The first-order valence-electron chi connectivity index (χ1n) is 6.02. The van der Waals surface area contributed by atoms with Crippen molar-refractivity contribution in [1.82, 2.24) is 9.88 Å². The molecule has 2 rings (SSSR count). The van der Waals surface area contributed by atoms with Crippen LogP contribution >= 0.6 is 0 Å². The highest BCUT2D eigenvalue weighted by molar-refractivity contribution is 5.94. The third-order valence-corrected chi connectivity index (χ3v) is 3.49. The van der Waals surface area contributed by atoms with Gasteiger partial charge in [0.2, 0.25) is 0 Å². The molecule has 18 heavy (non-hydrogen) atoms. The maximum atomic E-state index is 12.3. The molecule has 2 atom stereocenters.